The lowest BCUT2D eigenvalue weighted by atomic mass is 10.2. The average molecular weight is 245 g/mol. The lowest BCUT2D eigenvalue weighted by Crippen LogP contribution is -2.12. The number of ether oxygens (including phenoxy) is 1. The van der Waals surface area contributed by atoms with Crippen LogP contribution < -0.4 is 4.74 Å². The maximum absolute atomic E-state index is 11.4. The topological polar surface area (TPSA) is 26.3 Å². The van der Waals surface area contributed by atoms with E-state index < -0.39 is 10.8 Å². The van der Waals surface area contributed by atoms with Crippen molar-refractivity contribution in [2.45, 2.75) is 11.3 Å². The Morgan fingerprint density at radius 3 is 2.47 bits per heavy atom. The molecule has 15 heavy (non-hydrogen) atoms. The van der Waals surface area contributed by atoms with Crippen molar-refractivity contribution in [1.29, 1.82) is 0 Å². The van der Waals surface area contributed by atoms with Crippen molar-refractivity contribution in [2.24, 2.45) is 0 Å². The number of carbonyl (C=O) groups excluding carboxylic acids is 1. The van der Waals surface area contributed by atoms with Crippen molar-refractivity contribution >= 4 is 29.2 Å². The molecule has 0 N–H and O–H groups in total. The van der Waals surface area contributed by atoms with Crippen molar-refractivity contribution in [1.82, 2.24) is 0 Å². The molecule has 0 atom stereocenters. The number of esters is 1. The van der Waals surface area contributed by atoms with Crippen molar-refractivity contribution in [3.05, 3.63) is 42.5 Å². The highest BCUT2D eigenvalue weighted by Gasteiger charge is 2.12. The fourth-order valence-corrected chi connectivity index (χ4v) is 1.31. The predicted octanol–water partition coefficient (Wildman–Crippen LogP) is 3.34. The van der Waals surface area contributed by atoms with Crippen LogP contribution in [0.5, 0.6) is 5.75 Å². The molecule has 0 aliphatic rings. The van der Waals surface area contributed by atoms with E-state index in [9.17, 15) is 4.79 Å². The summed E-state index contributed by atoms with van der Waals surface area (Å²) in [6, 6.07) is 8.75. The Balaban J connectivity index is 2.53. The highest BCUT2D eigenvalue weighted by atomic mass is 35.5. The Kier molecular flexibility index (Phi) is 4.66. The van der Waals surface area contributed by atoms with Gasteiger partial charge in [-0.1, -0.05) is 24.8 Å². The van der Waals surface area contributed by atoms with Crippen molar-refractivity contribution in [2.75, 3.05) is 0 Å². The molecule has 0 radical (unpaired) electrons. The van der Waals surface area contributed by atoms with Crippen molar-refractivity contribution in [3.8, 4) is 5.75 Å². The molecule has 0 heterocycles. The summed E-state index contributed by atoms with van der Waals surface area (Å²) in [4.78, 5) is 10.8. The van der Waals surface area contributed by atoms with Crippen molar-refractivity contribution in [3.63, 3.8) is 0 Å². The van der Waals surface area contributed by atoms with Gasteiger partial charge in [0.1, 0.15) is 10.6 Å². The molecule has 0 bridgehead atoms. The number of rotatable bonds is 4. The van der Waals surface area contributed by atoms with Gasteiger partial charge < -0.3 is 4.74 Å². The van der Waals surface area contributed by atoms with Gasteiger partial charge in [0.15, 0.2) is 0 Å². The number of benzene rings is 1. The van der Waals surface area contributed by atoms with Crippen LogP contribution in [0.25, 0.3) is 0 Å². The fourth-order valence-electron chi connectivity index (χ4n) is 0.937. The minimum Gasteiger partial charge on any atom is -0.423 e. The van der Waals surface area contributed by atoms with E-state index in [4.69, 9.17) is 27.9 Å². The van der Waals surface area contributed by atoms with Crippen LogP contribution in [-0.4, -0.2) is 10.8 Å². The van der Waals surface area contributed by atoms with Crippen LogP contribution in [0.15, 0.2) is 42.5 Å². The zero-order valence-electron chi connectivity index (χ0n) is 7.95. The third kappa shape index (κ3) is 4.36. The van der Waals surface area contributed by atoms with Crippen LogP contribution >= 0.6 is 23.2 Å². The minimum absolute atomic E-state index is 0.203. The summed E-state index contributed by atoms with van der Waals surface area (Å²) in [7, 11) is 0. The zero-order valence-corrected chi connectivity index (χ0v) is 9.46. The lowest BCUT2D eigenvalue weighted by Gasteiger charge is -2.06. The highest BCUT2D eigenvalue weighted by Crippen LogP contribution is 2.16. The number of carbonyl (C=O) groups is 1. The summed E-state index contributed by atoms with van der Waals surface area (Å²) >= 11 is 11.0. The number of hydrogen-bond acceptors (Lipinski definition) is 2. The quantitative estimate of drug-likeness (QED) is 0.352. The Morgan fingerprint density at radius 2 is 1.93 bits per heavy atom. The van der Waals surface area contributed by atoms with Gasteiger partial charge in [0.2, 0.25) is 0 Å². The van der Waals surface area contributed by atoms with Gasteiger partial charge in [-0.15, -0.1) is 23.2 Å². The van der Waals surface area contributed by atoms with Crippen LogP contribution in [0.2, 0.25) is 0 Å². The normalized spacial score (nSPS) is 10.1. The molecular formula is C11H10Cl2O2. The second-order valence-electron chi connectivity index (χ2n) is 2.90. The standard InChI is InChI=1S/C11H10Cl2O2/c1-8(7-10(12)13)11(14)15-9-5-3-2-4-6-9/h2-6,10H,1,7H2. The number of para-hydroxylation sites is 1. The molecule has 80 valence electrons. The third-order valence-corrected chi connectivity index (χ3v) is 1.95. The SMILES string of the molecule is C=C(CC(Cl)Cl)C(=O)Oc1ccccc1. The molecule has 0 saturated heterocycles. The van der Waals surface area contributed by atoms with Gasteiger partial charge in [0.05, 0.1) is 0 Å². The van der Waals surface area contributed by atoms with Gasteiger partial charge in [0.25, 0.3) is 0 Å². The Bertz CT molecular complexity index is 347. The highest BCUT2D eigenvalue weighted by molar-refractivity contribution is 6.44. The van der Waals surface area contributed by atoms with Crippen LogP contribution in [0, 0.1) is 0 Å². The lowest BCUT2D eigenvalue weighted by molar-refractivity contribution is -0.130. The second-order valence-corrected chi connectivity index (χ2v) is 4.18. The first kappa shape index (κ1) is 12.1. The average Bonchev–Trinajstić information content (AvgIpc) is 2.18. The molecule has 2 nitrogen and oxygen atoms in total. The molecule has 0 amide bonds. The maximum atomic E-state index is 11.4. The van der Waals surface area contributed by atoms with E-state index in [-0.39, 0.29) is 12.0 Å². The smallest absolute Gasteiger partial charge is 0.338 e. The molecule has 0 aliphatic carbocycles. The van der Waals surface area contributed by atoms with Crippen LogP contribution in [0.1, 0.15) is 6.42 Å². The number of halogens is 2. The van der Waals surface area contributed by atoms with Gasteiger partial charge in [-0.25, -0.2) is 4.79 Å². The van der Waals surface area contributed by atoms with Gasteiger partial charge in [-0.05, 0) is 12.1 Å². The van der Waals surface area contributed by atoms with Gasteiger partial charge in [0, 0.05) is 12.0 Å². The fraction of sp³-hybridized carbons (Fsp3) is 0.182. The van der Waals surface area contributed by atoms with Crippen LogP contribution in [0.4, 0.5) is 0 Å². The van der Waals surface area contributed by atoms with E-state index in [2.05, 4.69) is 6.58 Å². The van der Waals surface area contributed by atoms with E-state index in [0.717, 1.165) is 0 Å². The summed E-state index contributed by atoms with van der Waals surface area (Å²) in [5, 5.41) is 0. The van der Waals surface area contributed by atoms with Crippen LogP contribution in [-0.2, 0) is 4.79 Å². The molecule has 0 spiro atoms. The molecular weight excluding hydrogens is 235 g/mol. The number of alkyl halides is 2. The van der Waals surface area contributed by atoms with E-state index in [1.54, 1.807) is 24.3 Å². The summed E-state index contributed by atoms with van der Waals surface area (Å²) in [6.07, 6.45) is 0.203. The van der Waals surface area contributed by atoms with Crippen LogP contribution in [0.3, 0.4) is 0 Å². The summed E-state index contributed by atoms with van der Waals surface area (Å²) in [5.41, 5.74) is 0.258. The van der Waals surface area contributed by atoms with E-state index in [0.29, 0.717) is 5.75 Å². The first-order valence-electron chi connectivity index (χ1n) is 4.32. The van der Waals surface area contributed by atoms with Crippen molar-refractivity contribution < 1.29 is 9.53 Å². The minimum atomic E-state index is -0.638. The third-order valence-electron chi connectivity index (χ3n) is 1.64. The molecule has 4 heteroatoms. The number of hydrogen-bond donors (Lipinski definition) is 0. The Labute approximate surface area is 98.4 Å². The second kappa shape index (κ2) is 5.79. The zero-order chi connectivity index (χ0) is 11.3. The molecule has 1 aromatic carbocycles. The molecule has 0 unspecified atom stereocenters. The van der Waals surface area contributed by atoms with Gasteiger partial charge in [-0.3, -0.25) is 0 Å². The molecule has 0 fully saturated rings. The largest absolute Gasteiger partial charge is 0.423 e. The molecule has 1 aromatic rings. The first-order chi connectivity index (χ1) is 7.09. The Morgan fingerprint density at radius 1 is 1.33 bits per heavy atom. The Hall–Kier alpha value is -0.990. The first-order valence-corrected chi connectivity index (χ1v) is 5.20. The van der Waals surface area contributed by atoms with Gasteiger partial charge in [-0.2, -0.15) is 0 Å². The van der Waals surface area contributed by atoms with E-state index in [1.807, 2.05) is 6.07 Å². The summed E-state index contributed by atoms with van der Waals surface area (Å²) in [6.45, 7) is 3.55. The predicted molar refractivity (Wildman–Crippen MR) is 61.3 cm³/mol. The summed E-state index contributed by atoms with van der Waals surface area (Å²) in [5.74, 6) is -0.0307. The molecule has 0 saturated carbocycles. The van der Waals surface area contributed by atoms with Gasteiger partial charge >= 0.3 is 5.97 Å². The monoisotopic (exact) mass is 244 g/mol. The molecule has 0 aromatic heterocycles. The van der Waals surface area contributed by atoms with E-state index in [1.165, 1.54) is 0 Å². The maximum Gasteiger partial charge on any atom is 0.338 e. The summed E-state index contributed by atoms with van der Waals surface area (Å²) < 4.78 is 5.02. The van der Waals surface area contributed by atoms with E-state index >= 15 is 0 Å². The molecule has 1 rings (SSSR count). The molecule has 0 aliphatic heterocycles.